The smallest absolute Gasteiger partial charge is 0.329 e. The molecule has 2 saturated heterocycles. The third kappa shape index (κ3) is 14.2. The van der Waals surface area contributed by atoms with Gasteiger partial charge >= 0.3 is 5.97 Å². The average Bonchev–Trinajstić information content (AvgIpc) is 3.88. The van der Waals surface area contributed by atoms with Crippen LogP contribution in [0.1, 0.15) is 132 Å². The molecular formula is C53H81N5O11. The van der Waals surface area contributed by atoms with E-state index in [0.717, 1.165) is 30.4 Å². The third-order valence-corrected chi connectivity index (χ3v) is 15.4. The van der Waals surface area contributed by atoms with E-state index in [4.69, 9.17) is 23.7 Å². The zero-order valence-electron chi connectivity index (χ0n) is 42.8. The van der Waals surface area contributed by atoms with Crippen molar-refractivity contribution in [2.45, 2.75) is 180 Å². The molecule has 4 aliphatic rings. The number of Topliss-reactive ketones (excluding diaryl/α,β-unsaturated/α-hetero) is 2. The van der Waals surface area contributed by atoms with Gasteiger partial charge in [0.05, 0.1) is 24.4 Å². The molecule has 1 aliphatic carbocycles. The molecule has 16 nitrogen and oxygen atoms in total. The van der Waals surface area contributed by atoms with E-state index in [9.17, 15) is 29.4 Å². The number of carbonyl (C=O) groups is 4. The molecule has 0 spiro atoms. The summed E-state index contributed by atoms with van der Waals surface area (Å²) in [6.07, 6.45) is 15.4. The van der Waals surface area contributed by atoms with E-state index in [1.807, 2.05) is 38.2 Å². The summed E-state index contributed by atoms with van der Waals surface area (Å²) < 4.78 is 30.2. The standard InChI is InChI=1S/C53H81N5O11/c1-32-17-13-12-14-18-33(2)45(65-9)29-41-22-20-38(7)53(64,69-41)50(61)51(62)57-24-16-15-19-43(57)52(63)68-46(36(5)27-40-21-23-42(47(28-40)66-10)58-55-31-54-56-58)30-44(59)35(4)26-37(6)48(60)49(67-11)39(8)34(3)25-32/h12-14,17-18,26,31-32,34-36,38,40-43,45-49,60,64H,8,15-16,19-25,27-30H2,1-7,9-11H3/b14-12+,17-13+,33-18+,37-26+/t32-,34?,35-,36-,38-,40+,41+,42+,43+,45+,46+,47-,48-,49?,53?/m1/s1. The molecule has 15 atom stereocenters. The number of ketones is 2. The maximum absolute atomic E-state index is 14.5. The van der Waals surface area contributed by atoms with E-state index in [0.29, 0.717) is 50.5 Å². The van der Waals surface area contributed by atoms with Crippen LogP contribution in [0.25, 0.3) is 0 Å². The number of aromatic nitrogens is 4. The first-order valence-electron chi connectivity index (χ1n) is 25.2. The minimum Gasteiger partial charge on any atom is -0.460 e. The van der Waals surface area contributed by atoms with Gasteiger partial charge in [0.2, 0.25) is 5.79 Å². The Morgan fingerprint density at radius 1 is 0.913 bits per heavy atom. The van der Waals surface area contributed by atoms with Gasteiger partial charge in [-0.2, -0.15) is 4.80 Å². The number of carbonyl (C=O) groups excluding carboxylic acids is 4. The number of cyclic esters (lactones) is 1. The van der Waals surface area contributed by atoms with Gasteiger partial charge in [-0.3, -0.25) is 14.4 Å². The van der Waals surface area contributed by atoms with Gasteiger partial charge in [0, 0.05) is 52.6 Å². The monoisotopic (exact) mass is 964 g/mol. The first-order valence-corrected chi connectivity index (χ1v) is 25.2. The van der Waals surface area contributed by atoms with Gasteiger partial charge in [-0.15, -0.1) is 10.2 Å². The van der Waals surface area contributed by atoms with Crippen LogP contribution in [0.5, 0.6) is 0 Å². The van der Waals surface area contributed by atoms with Crippen molar-refractivity contribution in [3.05, 3.63) is 66.1 Å². The fraction of sp³-hybridized carbons (Fsp3) is 0.717. The molecule has 2 bridgehead atoms. The molecule has 16 heteroatoms. The number of nitrogens with zero attached hydrogens (tertiary/aromatic N) is 5. The van der Waals surface area contributed by atoms with E-state index in [1.165, 1.54) is 11.2 Å². The highest BCUT2D eigenvalue weighted by Crippen LogP contribution is 2.39. The lowest BCUT2D eigenvalue weighted by molar-refractivity contribution is -0.265. The Morgan fingerprint density at radius 3 is 2.35 bits per heavy atom. The number of tetrazole rings is 1. The first-order chi connectivity index (χ1) is 32.8. The van der Waals surface area contributed by atoms with E-state index < -0.39 is 71.8 Å². The second-order valence-corrected chi connectivity index (χ2v) is 20.5. The van der Waals surface area contributed by atoms with E-state index in [2.05, 4.69) is 41.9 Å². The van der Waals surface area contributed by atoms with Crippen molar-refractivity contribution in [3.63, 3.8) is 0 Å². The molecule has 1 amide bonds. The van der Waals surface area contributed by atoms with Gasteiger partial charge in [-0.1, -0.05) is 77.7 Å². The number of aliphatic hydroxyl groups is 2. The average molecular weight is 964 g/mol. The number of hydrogen-bond donors (Lipinski definition) is 2. The summed E-state index contributed by atoms with van der Waals surface area (Å²) in [7, 11) is 4.81. The first kappa shape index (κ1) is 55.7. The summed E-state index contributed by atoms with van der Waals surface area (Å²) in [6.45, 7) is 17.8. The number of allylic oxidation sites excluding steroid dienone is 6. The topological polar surface area (TPSA) is 202 Å². The maximum atomic E-state index is 14.5. The van der Waals surface area contributed by atoms with Crippen molar-refractivity contribution in [2.75, 3.05) is 27.9 Å². The van der Waals surface area contributed by atoms with Crippen LogP contribution in [0.4, 0.5) is 0 Å². The lowest BCUT2D eigenvalue weighted by Gasteiger charge is -2.42. The largest absolute Gasteiger partial charge is 0.460 e. The quantitative estimate of drug-likeness (QED) is 0.160. The van der Waals surface area contributed by atoms with Crippen molar-refractivity contribution in [3.8, 4) is 0 Å². The molecule has 1 aromatic rings. The van der Waals surface area contributed by atoms with Crippen molar-refractivity contribution < 1.29 is 53.1 Å². The summed E-state index contributed by atoms with van der Waals surface area (Å²) in [5.74, 6) is -6.79. The maximum Gasteiger partial charge on any atom is 0.329 e. The molecule has 3 aliphatic heterocycles. The molecular weight excluding hydrogens is 883 g/mol. The normalized spacial score (nSPS) is 38.8. The minimum atomic E-state index is -2.42. The van der Waals surface area contributed by atoms with Crippen LogP contribution in [0.2, 0.25) is 0 Å². The molecule has 1 aromatic heterocycles. The summed E-state index contributed by atoms with van der Waals surface area (Å²) in [6, 6.07) is -1.20. The molecule has 5 rings (SSSR count). The lowest BCUT2D eigenvalue weighted by atomic mass is 9.77. The van der Waals surface area contributed by atoms with Gasteiger partial charge in [0.15, 0.2) is 6.33 Å². The highest BCUT2D eigenvalue weighted by atomic mass is 16.6. The highest BCUT2D eigenvalue weighted by Gasteiger charge is 2.53. The van der Waals surface area contributed by atoms with Gasteiger partial charge < -0.3 is 38.8 Å². The summed E-state index contributed by atoms with van der Waals surface area (Å²) >= 11 is 0. The zero-order valence-corrected chi connectivity index (χ0v) is 42.8. The SMILES string of the molecule is C=C1C(C)C[C@H](C)/C=C/C=C/C=C(\C)[C@@H](OC)C[C@@H]2CC[C@@H](C)C(O)(O2)C(=O)C(=O)N2CCCC[C@H]2C(=O)O[C@H]([C@H](C)C[C@@H]2CC[C@H](n3ncnn3)[C@H](OC)C2)CC(=O)[C@H](C)/C=C(\C)[C@@H](O)C1OC. The van der Waals surface area contributed by atoms with Crippen LogP contribution in [-0.2, 0) is 42.9 Å². The van der Waals surface area contributed by atoms with E-state index in [-0.39, 0.29) is 61.0 Å². The van der Waals surface area contributed by atoms with Gasteiger partial charge in [0.25, 0.3) is 11.7 Å². The van der Waals surface area contributed by atoms with Crippen LogP contribution >= 0.6 is 0 Å². The van der Waals surface area contributed by atoms with E-state index in [1.54, 1.807) is 53.0 Å². The van der Waals surface area contributed by atoms with Crippen molar-refractivity contribution in [1.82, 2.24) is 25.1 Å². The predicted molar refractivity (Wildman–Crippen MR) is 260 cm³/mol. The van der Waals surface area contributed by atoms with Crippen molar-refractivity contribution >= 4 is 23.4 Å². The third-order valence-electron chi connectivity index (χ3n) is 15.4. The Labute approximate surface area is 409 Å². The molecule has 3 unspecified atom stereocenters. The number of rotatable bonds is 7. The Bertz CT molecular complexity index is 2020. The number of amides is 1. The number of hydrogen-bond acceptors (Lipinski definition) is 14. The number of aliphatic hydroxyl groups excluding tert-OH is 1. The zero-order chi connectivity index (χ0) is 50.6. The van der Waals surface area contributed by atoms with Crippen LogP contribution in [0.3, 0.4) is 0 Å². The Balaban J connectivity index is 1.46. The van der Waals surface area contributed by atoms with Gasteiger partial charge in [-0.05, 0) is 124 Å². The number of methoxy groups -OCH3 is 3. The van der Waals surface area contributed by atoms with Crippen LogP contribution in [0.15, 0.2) is 66.1 Å². The van der Waals surface area contributed by atoms with Crippen LogP contribution in [0, 0.1) is 35.5 Å². The predicted octanol–water partition coefficient (Wildman–Crippen LogP) is 7.03. The number of piperidine rings is 1. The Kier molecular flexibility index (Phi) is 20.8. The second-order valence-electron chi connectivity index (χ2n) is 20.5. The molecule has 2 N–H and O–H groups in total. The molecule has 69 heavy (non-hydrogen) atoms. The fourth-order valence-corrected chi connectivity index (χ4v) is 10.8. The fourth-order valence-electron chi connectivity index (χ4n) is 10.8. The number of ether oxygens (including phenoxy) is 5. The second kappa shape index (κ2) is 25.8. The molecule has 3 fully saturated rings. The molecule has 4 heterocycles. The van der Waals surface area contributed by atoms with Crippen LogP contribution < -0.4 is 0 Å². The van der Waals surface area contributed by atoms with E-state index >= 15 is 0 Å². The molecule has 0 radical (unpaired) electrons. The molecule has 0 aromatic carbocycles. The van der Waals surface area contributed by atoms with Gasteiger partial charge in [-0.25, -0.2) is 4.79 Å². The van der Waals surface area contributed by atoms with Crippen molar-refractivity contribution in [1.29, 1.82) is 0 Å². The summed E-state index contributed by atoms with van der Waals surface area (Å²) in [5.41, 5.74) is 2.21. The lowest BCUT2D eigenvalue weighted by Crippen LogP contribution is -2.61. The molecule has 384 valence electrons. The van der Waals surface area contributed by atoms with Gasteiger partial charge in [0.1, 0.15) is 30.1 Å². The summed E-state index contributed by atoms with van der Waals surface area (Å²) in [4.78, 5) is 60.3. The Hall–Kier alpha value is -4.19. The summed E-state index contributed by atoms with van der Waals surface area (Å²) in [5, 5.41) is 35.9. The number of esters is 1. The number of fused-ring (bicyclic) bond motifs is 3. The minimum absolute atomic E-state index is 0.000520. The van der Waals surface area contributed by atoms with Crippen LogP contribution in [-0.4, -0.2) is 135 Å². The van der Waals surface area contributed by atoms with Crippen molar-refractivity contribution in [2.24, 2.45) is 35.5 Å². The Morgan fingerprint density at radius 2 is 1.67 bits per heavy atom. The highest BCUT2D eigenvalue weighted by molar-refractivity contribution is 6.39. The molecule has 1 saturated carbocycles.